The highest BCUT2D eigenvalue weighted by molar-refractivity contribution is 7.09. The molecule has 0 saturated carbocycles. The van der Waals surface area contributed by atoms with Crippen LogP contribution >= 0.6 is 11.3 Å². The van der Waals surface area contributed by atoms with E-state index in [0.717, 1.165) is 29.1 Å². The first-order chi connectivity index (χ1) is 10.2. The molecule has 4 nitrogen and oxygen atoms in total. The van der Waals surface area contributed by atoms with Gasteiger partial charge in [-0.2, -0.15) is 0 Å². The van der Waals surface area contributed by atoms with E-state index in [0.29, 0.717) is 13.1 Å². The van der Waals surface area contributed by atoms with Gasteiger partial charge in [0.2, 0.25) is 0 Å². The van der Waals surface area contributed by atoms with Crippen LogP contribution in [0.5, 0.6) is 0 Å². The Morgan fingerprint density at radius 2 is 1.95 bits per heavy atom. The minimum atomic E-state index is -0.0281. The molecule has 2 N–H and O–H groups in total. The number of aryl methyl sites for hydroxylation is 1. The average Bonchev–Trinajstić information content (AvgIpc) is 2.87. The maximum absolute atomic E-state index is 11.7. The first-order valence-corrected chi connectivity index (χ1v) is 8.14. The summed E-state index contributed by atoms with van der Waals surface area (Å²) in [6.07, 6.45) is 1.01. The summed E-state index contributed by atoms with van der Waals surface area (Å²) in [6, 6.07) is 8.31. The Hall–Kier alpha value is -1.43. The Bertz CT molecular complexity index is 616. The largest absolute Gasteiger partial charge is 0.395 e. The zero-order valence-electron chi connectivity index (χ0n) is 12.6. The smallest absolute Gasteiger partial charge is 0.305 e. The number of aliphatic hydroxyl groups excluding tert-OH is 1. The standard InChI is InChI=1S/C16H22N2O2S/c1-3-12-5-7-13(8-6-12)15-14(21-16(20)17-15)11-18(4-2)9-10-19/h5-8,19H,3-4,9-11H2,1-2H3,(H,17,20). The molecule has 0 unspecified atom stereocenters. The lowest BCUT2D eigenvalue weighted by atomic mass is 10.1. The van der Waals surface area contributed by atoms with E-state index in [9.17, 15) is 4.79 Å². The number of nitrogens with zero attached hydrogens (tertiary/aromatic N) is 1. The summed E-state index contributed by atoms with van der Waals surface area (Å²) in [6.45, 7) is 6.47. The summed E-state index contributed by atoms with van der Waals surface area (Å²) in [4.78, 5) is 17.8. The summed E-state index contributed by atoms with van der Waals surface area (Å²) < 4.78 is 0. The normalized spacial score (nSPS) is 11.2. The molecule has 0 atom stereocenters. The van der Waals surface area contributed by atoms with Gasteiger partial charge in [-0.15, -0.1) is 0 Å². The molecule has 114 valence electrons. The quantitative estimate of drug-likeness (QED) is 0.826. The number of hydrogen-bond donors (Lipinski definition) is 2. The summed E-state index contributed by atoms with van der Waals surface area (Å²) in [5.74, 6) is 0. The fourth-order valence-electron chi connectivity index (χ4n) is 2.31. The highest BCUT2D eigenvalue weighted by Gasteiger charge is 2.13. The van der Waals surface area contributed by atoms with E-state index < -0.39 is 0 Å². The Morgan fingerprint density at radius 3 is 2.52 bits per heavy atom. The van der Waals surface area contributed by atoms with Crippen LogP contribution in [0.1, 0.15) is 24.3 Å². The topological polar surface area (TPSA) is 56.3 Å². The predicted octanol–water partition coefficient (Wildman–Crippen LogP) is 2.48. The number of aromatic nitrogens is 1. The maximum Gasteiger partial charge on any atom is 0.305 e. The lowest BCUT2D eigenvalue weighted by Crippen LogP contribution is -2.25. The Kier molecular flexibility index (Phi) is 5.73. The second-order valence-corrected chi connectivity index (χ2v) is 6.02. The molecule has 1 heterocycles. The fourth-order valence-corrected chi connectivity index (χ4v) is 3.20. The van der Waals surface area contributed by atoms with Crippen molar-refractivity contribution in [2.45, 2.75) is 26.8 Å². The number of likely N-dealkylation sites (N-methyl/N-ethyl adjacent to an activating group) is 1. The van der Waals surface area contributed by atoms with Crippen LogP contribution in [0.15, 0.2) is 29.1 Å². The molecule has 0 spiro atoms. The molecule has 0 radical (unpaired) electrons. The fraction of sp³-hybridized carbons (Fsp3) is 0.438. The molecule has 0 aliphatic rings. The van der Waals surface area contributed by atoms with Gasteiger partial charge in [-0.25, -0.2) is 0 Å². The van der Waals surface area contributed by atoms with Gasteiger partial charge in [0.1, 0.15) is 0 Å². The molecule has 0 amide bonds. The number of aliphatic hydroxyl groups is 1. The van der Waals surface area contributed by atoms with E-state index in [1.54, 1.807) is 0 Å². The Labute approximate surface area is 129 Å². The molecule has 5 heteroatoms. The van der Waals surface area contributed by atoms with Gasteiger partial charge in [0, 0.05) is 18.0 Å². The van der Waals surface area contributed by atoms with Gasteiger partial charge in [0.15, 0.2) is 0 Å². The van der Waals surface area contributed by atoms with Crippen LogP contribution in [0.3, 0.4) is 0 Å². The molecule has 2 rings (SSSR count). The van der Waals surface area contributed by atoms with Crippen LogP contribution in [0.4, 0.5) is 0 Å². The van der Waals surface area contributed by atoms with E-state index in [4.69, 9.17) is 5.11 Å². The number of rotatable bonds is 7. The Morgan fingerprint density at radius 1 is 1.24 bits per heavy atom. The molecular formula is C16H22N2O2S. The summed E-state index contributed by atoms with van der Waals surface area (Å²) >= 11 is 1.25. The van der Waals surface area contributed by atoms with Crippen molar-refractivity contribution in [3.05, 3.63) is 44.4 Å². The zero-order chi connectivity index (χ0) is 15.2. The molecule has 0 bridgehead atoms. The van der Waals surface area contributed by atoms with E-state index in [1.165, 1.54) is 16.9 Å². The third kappa shape index (κ3) is 4.03. The molecular weight excluding hydrogens is 284 g/mol. The van der Waals surface area contributed by atoms with Crippen molar-refractivity contribution < 1.29 is 5.11 Å². The van der Waals surface area contributed by atoms with Crippen LogP contribution in [-0.4, -0.2) is 34.7 Å². The van der Waals surface area contributed by atoms with Crippen molar-refractivity contribution in [2.24, 2.45) is 0 Å². The van der Waals surface area contributed by atoms with Gasteiger partial charge in [0.05, 0.1) is 12.3 Å². The van der Waals surface area contributed by atoms with Crippen LogP contribution in [-0.2, 0) is 13.0 Å². The van der Waals surface area contributed by atoms with Gasteiger partial charge in [-0.1, -0.05) is 49.4 Å². The van der Waals surface area contributed by atoms with Gasteiger partial charge in [-0.05, 0) is 24.1 Å². The van der Waals surface area contributed by atoms with Gasteiger partial charge in [-0.3, -0.25) is 9.69 Å². The lowest BCUT2D eigenvalue weighted by molar-refractivity contribution is 0.198. The average molecular weight is 306 g/mol. The van der Waals surface area contributed by atoms with Crippen molar-refractivity contribution in [1.29, 1.82) is 0 Å². The first-order valence-electron chi connectivity index (χ1n) is 7.32. The number of benzene rings is 1. The molecule has 2 aromatic rings. The van der Waals surface area contributed by atoms with E-state index >= 15 is 0 Å². The number of aromatic amines is 1. The minimum Gasteiger partial charge on any atom is -0.395 e. The SMILES string of the molecule is CCc1ccc(-c2[nH]c(=O)sc2CN(CC)CCO)cc1. The molecule has 21 heavy (non-hydrogen) atoms. The van der Waals surface area contributed by atoms with Gasteiger partial charge < -0.3 is 10.1 Å². The number of hydrogen-bond acceptors (Lipinski definition) is 4. The molecule has 0 saturated heterocycles. The molecule has 0 aliphatic carbocycles. The molecule has 0 aliphatic heterocycles. The van der Waals surface area contributed by atoms with Crippen molar-refractivity contribution in [3.8, 4) is 11.3 Å². The number of nitrogens with one attached hydrogen (secondary N) is 1. The van der Waals surface area contributed by atoms with E-state index in [2.05, 4.69) is 48.0 Å². The molecule has 1 aromatic carbocycles. The van der Waals surface area contributed by atoms with Crippen molar-refractivity contribution >= 4 is 11.3 Å². The van der Waals surface area contributed by atoms with Crippen molar-refractivity contribution in [1.82, 2.24) is 9.88 Å². The summed E-state index contributed by atoms with van der Waals surface area (Å²) in [5.41, 5.74) is 3.23. The second-order valence-electron chi connectivity index (χ2n) is 4.96. The predicted molar refractivity (Wildman–Crippen MR) is 87.8 cm³/mol. The van der Waals surface area contributed by atoms with Crippen LogP contribution in [0.2, 0.25) is 0 Å². The van der Waals surface area contributed by atoms with Crippen LogP contribution in [0.25, 0.3) is 11.3 Å². The Balaban J connectivity index is 2.28. The van der Waals surface area contributed by atoms with Crippen molar-refractivity contribution in [2.75, 3.05) is 19.7 Å². The first kappa shape index (κ1) is 15.9. The lowest BCUT2D eigenvalue weighted by Gasteiger charge is -2.18. The summed E-state index contributed by atoms with van der Waals surface area (Å²) in [7, 11) is 0. The zero-order valence-corrected chi connectivity index (χ0v) is 13.4. The third-order valence-corrected chi connectivity index (χ3v) is 4.47. The minimum absolute atomic E-state index is 0.0281. The monoisotopic (exact) mass is 306 g/mol. The molecule has 1 aromatic heterocycles. The van der Waals surface area contributed by atoms with E-state index in [1.807, 2.05) is 0 Å². The maximum atomic E-state index is 11.7. The van der Waals surface area contributed by atoms with Crippen LogP contribution < -0.4 is 4.87 Å². The van der Waals surface area contributed by atoms with E-state index in [-0.39, 0.29) is 11.5 Å². The third-order valence-electron chi connectivity index (χ3n) is 3.60. The molecule has 0 fully saturated rings. The highest BCUT2D eigenvalue weighted by atomic mass is 32.1. The van der Waals surface area contributed by atoms with Gasteiger partial charge in [0.25, 0.3) is 0 Å². The summed E-state index contributed by atoms with van der Waals surface area (Å²) in [5, 5.41) is 9.09. The van der Waals surface area contributed by atoms with Crippen molar-refractivity contribution in [3.63, 3.8) is 0 Å². The van der Waals surface area contributed by atoms with Gasteiger partial charge >= 0.3 is 4.87 Å². The number of thiazole rings is 1. The number of H-pyrrole nitrogens is 1. The second kappa shape index (κ2) is 7.54. The highest BCUT2D eigenvalue weighted by Crippen LogP contribution is 2.25. The van der Waals surface area contributed by atoms with Crippen LogP contribution in [0, 0.1) is 0 Å².